The molecule has 16 heavy (non-hydrogen) atoms. The lowest BCUT2D eigenvalue weighted by Gasteiger charge is -2.26. The van der Waals surface area contributed by atoms with Crippen LogP contribution in [0.2, 0.25) is 0 Å². The number of aliphatic imine (C=N–C) groups is 1. The van der Waals surface area contributed by atoms with E-state index >= 15 is 0 Å². The minimum atomic E-state index is -0.371. The van der Waals surface area contributed by atoms with Gasteiger partial charge in [0.15, 0.2) is 6.29 Å². The predicted molar refractivity (Wildman–Crippen MR) is 60.2 cm³/mol. The first kappa shape index (κ1) is 12.9. The zero-order valence-electron chi connectivity index (χ0n) is 9.97. The highest BCUT2D eigenvalue weighted by Gasteiger charge is 2.34. The van der Waals surface area contributed by atoms with Crippen LogP contribution in [0.1, 0.15) is 19.8 Å². The molecule has 0 aromatic rings. The maximum atomic E-state index is 11.5. The summed E-state index contributed by atoms with van der Waals surface area (Å²) in [5, 5.41) is 0. The number of urea groups is 1. The van der Waals surface area contributed by atoms with Crippen LogP contribution in [0.25, 0.3) is 0 Å². The molecule has 92 valence electrons. The van der Waals surface area contributed by atoms with Crippen LogP contribution in [0.4, 0.5) is 4.79 Å². The van der Waals surface area contributed by atoms with E-state index in [2.05, 4.69) is 4.99 Å². The smallest absolute Gasteiger partial charge is 0.345 e. The Morgan fingerprint density at radius 3 is 2.62 bits per heavy atom. The van der Waals surface area contributed by atoms with E-state index in [1.54, 1.807) is 19.1 Å². The average Bonchev–Trinajstić information content (AvgIpc) is 2.52. The van der Waals surface area contributed by atoms with E-state index in [-0.39, 0.29) is 18.4 Å². The molecule has 1 rings (SSSR count). The summed E-state index contributed by atoms with van der Waals surface area (Å²) in [7, 11) is 3.12. The summed E-state index contributed by atoms with van der Waals surface area (Å²) in [5.74, 6) is 0.345. The molecular weight excluding hydrogens is 210 g/mol. The van der Waals surface area contributed by atoms with Gasteiger partial charge in [0.1, 0.15) is 5.84 Å². The molecule has 2 N–H and O–H groups in total. The number of ether oxygens (including phenoxy) is 2. The van der Waals surface area contributed by atoms with Gasteiger partial charge in [0.2, 0.25) is 0 Å². The Morgan fingerprint density at radius 2 is 2.12 bits per heavy atom. The van der Waals surface area contributed by atoms with Crippen LogP contribution in [-0.2, 0) is 9.47 Å². The number of carbonyl (C=O) groups excluding carboxylic acids is 1. The quantitative estimate of drug-likeness (QED) is 0.675. The van der Waals surface area contributed by atoms with Gasteiger partial charge in [-0.3, -0.25) is 0 Å². The van der Waals surface area contributed by atoms with E-state index in [4.69, 9.17) is 15.2 Å². The minimum Gasteiger partial charge on any atom is -0.385 e. The summed E-state index contributed by atoms with van der Waals surface area (Å²) in [6, 6.07) is -0.479. The Balaban J connectivity index is 2.67. The van der Waals surface area contributed by atoms with E-state index in [0.717, 1.165) is 6.42 Å². The van der Waals surface area contributed by atoms with Gasteiger partial charge in [-0.15, -0.1) is 0 Å². The van der Waals surface area contributed by atoms with Gasteiger partial charge in [0.25, 0.3) is 0 Å². The van der Waals surface area contributed by atoms with E-state index in [1.165, 1.54) is 0 Å². The number of methoxy groups -OCH3 is 2. The number of nitrogens with two attached hydrogens (primary N) is 1. The molecule has 1 aliphatic rings. The van der Waals surface area contributed by atoms with Crippen molar-refractivity contribution in [3.63, 3.8) is 0 Å². The number of amidine groups is 1. The maximum Gasteiger partial charge on any atom is 0.345 e. The van der Waals surface area contributed by atoms with Crippen molar-refractivity contribution in [2.75, 3.05) is 20.8 Å². The van der Waals surface area contributed by atoms with Crippen molar-refractivity contribution < 1.29 is 14.3 Å². The molecule has 6 nitrogen and oxygen atoms in total. The largest absolute Gasteiger partial charge is 0.385 e. The van der Waals surface area contributed by atoms with Crippen LogP contribution in [0.15, 0.2) is 4.99 Å². The highest BCUT2D eigenvalue weighted by Crippen LogP contribution is 2.17. The molecule has 0 bridgehead atoms. The zero-order chi connectivity index (χ0) is 12.1. The second-order valence-corrected chi connectivity index (χ2v) is 3.67. The van der Waals surface area contributed by atoms with Gasteiger partial charge < -0.3 is 20.1 Å². The third-order valence-corrected chi connectivity index (χ3v) is 2.59. The second kappa shape index (κ2) is 5.81. The van der Waals surface area contributed by atoms with Crippen molar-refractivity contribution in [3.8, 4) is 0 Å². The molecule has 0 aliphatic carbocycles. The topological polar surface area (TPSA) is 77.2 Å². The summed E-state index contributed by atoms with van der Waals surface area (Å²) in [5.41, 5.74) is 5.72. The van der Waals surface area contributed by atoms with Crippen LogP contribution in [0, 0.1) is 0 Å². The van der Waals surface area contributed by atoms with Crippen molar-refractivity contribution >= 4 is 11.9 Å². The van der Waals surface area contributed by atoms with E-state index < -0.39 is 0 Å². The molecule has 6 heteroatoms. The number of amides is 2. The first-order chi connectivity index (χ1) is 7.63. The van der Waals surface area contributed by atoms with Crippen LogP contribution in [0.5, 0.6) is 0 Å². The minimum absolute atomic E-state index is 0.211. The summed E-state index contributed by atoms with van der Waals surface area (Å²) in [6.07, 6.45) is 1.01. The van der Waals surface area contributed by atoms with Crippen molar-refractivity contribution in [2.45, 2.75) is 32.1 Å². The van der Waals surface area contributed by atoms with E-state index in [0.29, 0.717) is 18.8 Å². The normalized spacial score (nSPS) is 20.8. The maximum absolute atomic E-state index is 11.5. The van der Waals surface area contributed by atoms with Crippen LogP contribution < -0.4 is 5.73 Å². The SMILES string of the molecule is CCCN1C(=O)N=C(N)C1CC(OC)OC. The zero-order valence-corrected chi connectivity index (χ0v) is 9.97. The lowest BCUT2D eigenvalue weighted by molar-refractivity contribution is -0.110. The first-order valence-electron chi connectivity index (χ1n) is 5.34. The molecule has 1 aliphatic heterocycles. The molecular formula is C10H19N3O3. The van der Waals surface area contributed by atoms with E-state index in [1.807, 2.05) is 6.92 Å². The lowest BCUT2D eigenvalue weighted by atomic mass is 10.1. The monoisotopic (exact) mass is 229 g/mol. The Labute approximate surface area is 95.4 Å². The molecule has 0 saturated carbocycles. The van der Waals surface area contributed by atoms with Crippen molar-refractivity contribution in [1.82, 2.24) is 4.90 Å². The van der Waals surface area contributed by atoms with Crippen molar-refractivity contribution in [1.29, 1.82) is 0 Å². The number of carbonyl (C=O) groups is 1. The van der Waals surface area contributed by atoms with E-state index in [9.17, 15) is 4.79 Å². The Hall–Kier alpha value is -1.14. The molecule has 1 unspecified atom stereocenters. The molecule has 0 radical (unpaired) electrons. The summed E-state index contributed by atoms with van der Waals surface area (Å²) >= 11 is 0. The Bertz CT molecular complexity index is 276. The Kier molecular flexibility index (Phi) is 4.70. The van der Waals surface area contributed by atoms with Gasteiger partial charge in [0.05, 0.1) is 6.04 Å². The van der Waals surface area contributed by atoms with Gasteiger partial charge in [-0.2, -0.15) is 4.99 Å². The summed E-state index contributed by atoms with van der Waals surface area (Å²) in [6.45, 7) is 2.65. The fraction of sp³-hybridized carbons (Fsp3) is 0.800. The van der Waals surface area contributed by atoms with Crippen molar-refractivity contribution in [2.24, 2.45) is 10.7 Å². The Morgan fingerprint density at radius 1 is 1.50 bits per heavy atom. The fourth-order valence-electron chi connectivity index (χ4n) is 1.75. The molecule has 1 atom stereocenters. The fourth-order valence-corrected chi connectivity index (χ4v) is 1.75. The molecule has 0 aromatic heterocycles. The summed E-state index contributed by atoms with van der Waals surface area (Å²) in [4.78, 5) is 16.9. The highest BCUT2D eigenvalue weighted by atomic mass is 16.7. The van der Waals surface area contributed by atoms with Crippen LogP contribution in [-0.4, -0.2) is 49.9 Å². The van der Waals surface area contributed by atoms with Crippen LogP contribution >= 0.6 is 0 Å². The third kappa shape index (κ3) is 2.70. The molecule has 1 heterocycles. The third-order valence-electron chi connectivity index (χ3n) is 2.59. The molecule has 0 saturated heterocycles. The summed E-state index contributed by atoms with van der Waals surface area (Å²) < 4.78 is 10.2. The molecule has 2 amide bonds. The van der Waals surface area contributed by atoms with Crippen molar-refractivity contribution in [3.05, 3.63) is 0 Å². The van der Waals surface area contributed by atoms with Crippen LogP contribution in [0.3, 0.4) is 0 Å². The number of hydrogen-bond acceptors (Lipinski definition) is 4. The first-order valence-corrected chi connectivity index (χ1v) is 5.34. The van der Waals surface area contributed by atoms with Gasteiger partial charge in [0, 0.05) is 27.2 Å². The molecule has 0 fully saturated rings. The molecule has 0 aromatic carbocycles. The number of hydrogen-bond donors (Lipinski definition) is 1. The predicted octanol–water partition coefficient (Wildman–Crippen LogP) is 0.567. The van der Waals surface area contributed by atoms with Gasteiger partial charge >= 0.3 is 6.03 Å². The number of nitrogens with zero attached hydrogens (tertiary/aromatic N) is 2. The van der Waals surface area contributed by atoms with Gasteiger partial charge in [-0.25, -0.2) is 4.79 Å². The van der Waals surface area contributed by atoms with Gasteiger partial charge in [-0.05, 0) is 6.42 Å². The number of rotatable bonds is 6. The average molecular weight is 229 g/mol. The standard InChI is InChI=1S/C10H19N3O3/c1-4-5-13-7(6-8(15-2)16-3)9(11)12-10(13)14/h7-8H,4-6H2,1-3H3,(H2,11,12,14). The highest BCUT2D eigenvalue weighted by molar-refractivity contribution is 6.02. The lowest BCUT2D eigenvalue weighted by Crippen LogP contribution is -2.43. The molecule has 0 spiro atoms. The van der Waals surface area contributed by atoms with Gasteiger partial charge in [-0.1, -0.05) is 6.92 Å². The second-order valence-electron chi connectivity index (χ2n) is 3.67.